The number of nitrogens with one attached hydrogen (secondary N) is 5. The van der Waals surface area contributed by atoms with Gasteiger partial charge in [-0.3, -0.25) is 24.0 Å². The van der Waals surface area contributed by atoms with Gasteiger partial charge in [0, 0.05) is 113 Å². The second-order valence-electron chi connectivity index (χ2n) is 32.7. The molecule has 0 spiro atoms. The van der Waals surface area contributed by atoms with Gasteiger partial charge in [-0.05, 0) is 161 Å². The maximum Gasteiger partial charge on any atom is 0.284 e. The van der Waals surface area contributed by atoms with Gasteiger partial charge in [0.15, 0.2) is 5.01 Å². The number of fused-ring (bicyclic) bond motifs is 5. The number of para-hydroxylation sites is 5. The first-order chi connectivity index (χ1) is 64.5. The molecule has 5 N–H and O–H groups in total. The van der Waals surface area contributed by atoms with Crippen LogP contribution in [0.5, 0.6) is 0 Å². The van der Waals surface area contributed by atoms with E-state index in [-0.39, 0.29) is 35.0 Å². The van der Waals surface area contributed by atoms with Crippen LogP contribution in [0, 0.1) is 65.9 Å². The van der Waals surface area contributed by atoms with Gasteiger partial charge in [-0.2, -0.15) is 0 Å². The summed E-state index contributed by atoms with van der Waals surface area (Å²) in [6.45, 7) is 17.7. The molecule has 0 radical (unpaired) electrons. The van der Waals surface area contributed by atoms with Crippen molar-refractivity contribution < 1.29 is 37.1 Å². The summed E-state index contributed by atoms with van der Waals surface area (Å²) in [5, 5.41) is 22.1. The van der Waals surface area contributed by atoms with E-state index in [4.69, 9.17) is 0 Å². The lowest BCUT2D eigenvalue weighted by Gasteiger charge is -2.06. The number of benzene rings is 13. The number of anilines is 5. The first-order valence-electron chi connectivity index (χ1n) is 43.3. The van der Waals surface area contributed by atoms with E-state index in [9.17, 15) is 37.1 Å². The molecule has 0 aliphatic rings. The molecular formula is C111H95F3N12O5S2. The summed E-state index contributed by atoms with van der Waals surface area (Å²) < 4.78 is 51.1. The second-order valence-corrected chi connectivity index (χ2v) is 34.4. The molecule has 662 valence electrons. The van der Waals surface area contributed by atoms with E-state index in [1.807, 2.05) is 159 Å². The average molecular weight is 1800 g/mol. The van der Waals surface area contributed by atoms with Crippen molar-refractivity contribution in [1.82, 2.24) is 32.8 Å². The topological polar surface area (TPSA) is 196 Å². The maximum absolute atomic E-state index is 13.9. The van der Waals surface area contributed by atoms with Crippen molar-refractivity contribution >= 4 is 135 Å². The van der Waals surface area contributed by atoms with E-state index < -0.39 is 17.5 Å². The zero-order chi connectivity index (χ0) is 92.6. The van der Waals surface area contributed by atoms with Gasteiger partial charge in [0.05, 0.1) is 72.8 Å². The molecule has 17 nitrogen and oxygen atoms in total. The lowest BCUT2D eigenvalue weighted by atomic mass is 10.1. The highest BCUT2D eigenvalue weighted by atomic mass is 32.1. The predicted octanol–water partition coefficient (Wildman–Crippen LogP) is 26.2. The first kappa shape index (κ1) is 90.3. The monoisotopic (exact) mass is 1800 g/mol. The molecule has 0 saturated heterocycles. The highest BCUT2D eigenvalue weighted by Gasteiger charge is 2.22. The molecule has 0 unspecified atom stereocenters. The van der Waals surface area contributed by atoms with E-state index in [1.165, 1.54) is 133 Å². The molecule has 7 heterocycles. The maximum atomic E-state index is 13.9. The molecule has 0 saturated carbocycles. The molecule has 7 aromatic heterocycles. The summed E-state index contributed by atoms with van der Waals surface area (Å²) in [5.74, 6) is -2.62. The van der Waals surface area contributed by atoms with Crippen LogP contribution in [0.4, 0.5) is 41.6 Å². The van der Waals surface area contributed by atoms with E-state index in [2.05, 4.69) is 227 Å². The number of aromatic nitrogens is 7. The first-order valence-corrected chi connectivity index (χ1v) is 45.1. The van der Waals surface area contributed by atoms with E-state index in [1.54, 1.807) is 23.7 Å². The van der Waals surface area contributed by atoms with Crippen LogP contribution in [0.3, 0.4) is 0 Å². The minimum atomic E-state index is -0.529. The summed E-state index contributed by atoms with van der Waals surface area (Å²) >= 11 is 2.73. The molecule has 13 aromatic carbocycles. The van der Waals surface area contributed by atoms with Gasteiger partial charge in [0.1, 0.15) is 22.3 Å². The van der Waals surface area contributed by atoms with Crippen LogP contribution in [0.25, 0.3) is 54.5 Å². The number of thiazole rings is 2. The third-order valence-corrected chi connectivity index (χ3v) is 24.5. The molecule has 0 aliphatic heterocycles. The van der Waals surface area contributed by atoms with Crippen LogP contribution in [0.2, 0.25) is 0 Å². The van der Waals surface area contributed by atoms with Crippen LogP contribution < -0.4 is 26.6 Å². The standard InChI is InChI=1S/3C23H19FN2O.2C21H19N3OS/c1-16-10-12-17(13-11-16)14-26-15-21(19-7-3-5-9-22(19)26)25-23(27)18-6-2-4-8-20(18)24;1-16-9-11-17(12-10-16)14-26-15-21(20-7-2-3-8-22(20)26)25-23(27)18-5-4-6-19(24)13-18;1-16-6-8-17(9-7-16)14-26-15-21(20-4-2-3-5-22(20)26)25-23(27)18-10-12-19(24)13-11-18;1-14-7-9-16(10-8-14)11-24-12-18(17-5-3-4-6-19(17)24)23-21(25)20-15(2)22-13-26-20;1-14-7-9-16(10-8-14)11-24-12-18(17-5-3-4-6-19(17)24)23-20(25)21-22-15(2)13-26-21/h3*2-13,15H,14H2,1H3,(H,25,27);2*3-10,12-13H,11H2,1-2H3,(H,23,25). The molecule has 0 bridgehead atoms. The van der Waals surface area contributed by atoms with E-state index in [0.29, 0.717) is 52.0 Å². The van der Waals surface area contributed by atoms with Gasteiger partial charge in [-0.15, -0.1) is 22.7 Å². The normalized spacial score (nSPS) is 10.9. The Kier molecular flexibility index (Phi) is 28.2. The fraction of sp³-hybridized carbons (Fsp3) is 0.108. The van der Waals surface area contributed by atoms with Gasteiger partial charge in [0.25, 0.3) is 29.5 Å². The van der Waals surface area contributed by atoms with Gasteiger partial charge in [-0.25, -0.2) is 23.1 Å². The van der Waals surface area contributed by atoms with Crippen molar-refractivity contribution in [3.05, 3.63) is 468 Å². The van der Waals surface area contributed by atoms with Gasteiger partial charge in [-0.1, -0.05) is 258 Å². The Morgan fingerprint density at radius 2 is 0.617 bits per heavy atom. The van der Waals surface area contributed by atoms with Crippen molar-refractivity contribution in [3.8, 4) is 0 Å². The number of amides is 5. The van der Waals surface area contributed by atoms with Crippen LogP contribution in [-0.2, 0) is 32.7 Å². The van der Waals surface area contributed by atoms with Crippen molar-refractivity contribution in [2.45, 2.75) is 81.2 Å². The molecule has 0 aliphatic carbocycles. The van der Waals surface area contributed by atoms with Crippen LogP contribution in [-0.4, -0.2) is 62.3 Å². The Morgan fingerprint density at radius 1 is 0.301 bits per heavy atom. The van der Waals surface area contributed by atoms with E-state index >= 15 is 0 Å². The third kappa shape index (κ3) is 22.5. The van der Waals surface area contributed by atoms with Crippen LogP contribution >= 0.6 is 22.7 Å². The molecule has 5 amide bonds. The van der Waals surface area contributed by atoms with Crippen LogP contribution in [0.1, 0.15) is 118 Å². The number of carbonyl (C=O) groups excluding carboxylic acids is 5. The molecule has 0 fully saturated rings. The quantitative estimate of drug-likeness (QED) is 0.0500. The second kappa shape index (κ2) is 41.6. The Morgan fingerprint density at radius 3 is 0.940 bits per heavy atom. The fourth-order valence-electron chi connectivity index (χ4n) is 15.6. The fourth-order valence-corrected chi connectivity index (χ4v) is 17.0. The summed E-state index contributed by atoms with van der Waals surface area (Å²) in [6, 6.07) is 99.4. The van der Waals surface area contributed by atoms with Gasteiger partial charge >= 0.3 is 0 Å². The summed E-state index contributed by atoms with van der Waals surface area (Å²) in [5.41, 5.74) is 25.3. The number of rotatable bonds is 20. The molecular weight excluding hydrogens is 1700 g/mol. The van der Waals surface area contributed by atoms with Crippen molar-refractivity contribution in [2.24, 2.45) is 0 Å². The molecule has 20 rings (SSSR count). The lowest BCUT2D eigenvalue weighted by molar-refractivity contribution is 0.101. The molecule has 20 aromatic rings. The van der Waals surface area contributed by atoms with Crippen molar-refractivity contribution in [1.29, 1.82) is 0 Å². The minimum absolute atomic E-state index is 0.0351. The number of halogens is 3. The predicted molar refractivity (Wildman–Crippen MR) is 534 cm³/mol. The van der Waals surface area contributed by atoms with Gasteiger partial charge in [0.2, 0.25) is 0 Å². The summed E-state index contributed by atoms with van der Waals surface area (Å²) in [4.78, 5) is 71.8. The smallest absolute Gasteiger partial charge is 0.284 e. The zero-order valence-electron chi connectivity index (χ0n) is 74.2. The van der Waals surface area contributed by atoms with Crippen molar-refractivity contribution in [3.63, 3.8) is 0 Å². The van der Waals surface area contributed by atoms with E-state index in [0.717, 1.165) is 96.1 Å². The number of hydrogen-bond donors (Lipinski definition) is 5. The summed E-state index contributed by atoms with van der Waals surface area (Å²) in [6.07, 6.45) is 9.80. The molecule has 22 heteroatoms. The lowest BCUT2D eigenvalue weighted by Crippen LogP contribution is -2.13. The average Bonchev–Trinajstić information content (AvgIpc) is 1.66. The summed E-state index contributed by atoms with van der Waals surface area (Å²) in [7, 11) is 0. The third-order valence-electron chi connectivity index (χ3n) is 22.6. The van der Waals surface area contributed by atoms with Crippen LogP contribution in [0.15, 0.2) is 357 Å². The number of aryl methyl sites for hydroxylation is 7. The Hall–Kier alpha value is -16.0. The van der Waals surface area contributed by atoms with Crippen molar-refractivity contribution in [2.75, 3.05) is 26.6 Å². The Bertz CT molecular complexity index is 7560. The highest BCUT2D eigenvalue weighted by Crippen LogP contribution is 2.35. The molecule has 0 atom stereocenters. The zero-order valence-corrected chi connectivity index (χ0v) is 75.9. The SMILES string of the molecule is Cc1ccc(Cn2cc(NC(=O)c3ccc(F)cc3)c3ccccc32)cc1.Cc1ccc(Cn2cc(NC(=O)c3cccc(F)c3)c3ccccc32)cc1.Cc1ccc(Cn2cc(NC(=O)c3ccccc3F)c3ccccc32)cc1.Cc1ccc(Cn2cc(NC(=O)c3nc(C)cs3)c3ccccc32)cc1.Cc1ccc(Cn2cc(NC(=O)c3scnc3C)c3ccccc32)cc1. The minimum Gasteiger partial charge on any atom is -0.341 e. The number of hydrogen-bond acceptors (Lipinski definition) is 9. The largest absolute Gasteiger partial charge is 0.341 e. The number of carbonyl (C=O) groups is 5. The highest BCUT2D eigenvalue weighted by molar-refractivity contribution is 7.12. The Balaban J connectivity index is 0.000000121. The number of nitrogens with zero attached hydrogens (tertiary/aromatic N) is 7. The van der Waals surface area contributed by atoms with Gasteiger partial charge < -0.3 is 49.4 Å². The Labute approximate surface area is 776 Å². The molecule has 133 heavy (non-hydrogen) atoms.